The van der Waals surface area contributed by atoms with Gasteiger partial charge < -0.3 is 8.98 Å². The van der Waals surface area contributed by atoms with E-state index in [1.165, 1.54) is 74.8 Å². The fraction of sp³-hybridized carbons (Fsp3) is 0. The highest BCUT2D eigenvalue weighted by molar-refractivity contribution is 7.26. The highest BCUT2D eigenvalue weighted by Crippen LogP contribution is 2.46. The Morgan fingerprint density at radius 3 is 1.90 bits per heavy atom. The van der Waals surface area contributed by atoms with Crippen LogP contribution in [0.3, 0.4) is 0 Å². The molecule has 0 bridgehead atoms. The lowest BCUT2D eigenvalue weighted by Gasteiger charge is -2.09. The van der Waals surface area contributed by atoms with Crippen molar-refractivity contribution in [3.63, 3.8) is 0 Å². The highest BCUT2D eigenvalue weighted by Gasteiger charge is 2.21. The van der Waals surface area contributed by atoms with Crippen molar-refractivity contribution in [3.8, 4) is 50.5 Å². The number of nitrogens with zero attached hydrogens (tertiary/aromatic N) is 2. The van der Waals surface area contributed by atoms with E-state index in [9.17, 15) is 0 Å². The van der Waals surface area contributed by atoms with Gasteiger partial charge in [-0.15, -0.1) is 11.3 Å². The largest absolute Gasteiger partial charge is 0.436 e. The smallest absolute Gasteiger partial charge is 0.227 e. The SMILES string of the molecule is c1ccc(-n2c3ccc(-c4ccc(-c5nc6c(cc(-c7cccc(-c8ccc9ccccc9c8)c7)c7sc8ccccc8c76)o5)cc4)cc3c3cc4ccccc4cc32)cc1. The molecule has 0 spiro atoms. The van der Waals surface area contributed by atoms with Gasteiger partial charge in [-0.05, 0) is 122 Å². The van der Waals surface area contributed by atoms with Crippen LogP contribution >= 0.6 is 11.3 Å². The van der Waals surface area contributed by atoms with Crippen molar-refractivity contribution in [1.29, 1.82) is 0 Å². The molecule has 61 heavy (non-hydrogen) atoms. The van der Waals surface area contributed by atoms with Gasteiger partial charge in [0.1, 0.15) is 5.52 Å². The van der Waals surface area contributed by atoms with Gasteiger partial charge in [-0.2, -0.15) is 0 Å². The Kier molecular flexibility index (Phi) is 7.47. The zero-order valence-corrected chi connectivity index (χ0v) is 33.7. The van der Waals surface area contributed by atoms with Crippen LogP contribution in [0.15, 0.2) is 211 Å². The standard InChI is InChI=1S/C57H34N2OS/c1-2-17-45(18-3-1)59-50-28-27-43(32-48(50)49-31-40-13-6-7-14-41(40)33-51(49)59)36-21-24-37(25-22-36)57-58-55-52(60-57)34-47(56-54(55)46-19-8-9-20-53(46)61-56)44-16-10-15-39(30-44)42-26-23-35-11-4-5-12-38(35)29-42/h1-34H. The molecular weight excluding hydrogens is 761 g/mol. The van der Waals surface area contributed by atoms with E-state index in [1.54, 1.807) is 0 Å². The van der Waals surface area contributed by atoms with E-state index in [2.05, 4.69) is 211 Å². The first kappa shape index (κ1) is 34.1. The topological polar surface area (TPSA) is 31.0 Å². The van der Waals surface area contributed by atoms with Gasteiger partial charge in [-0.3, -0.25) is 0 Å². The number of hydrogen-bond acceptors (Lipinski definition) is 3. The van der Waals surface area contributed by atoms with Crippen molar-refractivity contribution in [2.75, 3.05) is 0 Å². The molecule has 0 fully saturated rings. The summed E-state index contributed by atoms with van der Waals surface area (Å²) in [6.45, 7) is 0. The molecule has 3 heterocycles. The number of para-hydroxylation sites is 1. The third-order valence-electron chi connectivity index (χ3n) is 12.4. The minimum Gasteiger partial charge on any atom is -0.436 e. The summed E-state index contributed by atoms with van der Waals surface area (Å²) in [6, 6.07) is 74.5. The predicted octanol–water partition coefficient (Wildman–Crippen LogP) is 16.3. The summed E-state index contributed by atoms with van der Waals surface area (Å²) in [5.74, 6) is 0.619. The van der Waals surface area contributed by atoms with E-state index in [0.29, 0.717) is 5.89 Å². The van der Waals surface area contributed by atoms with Crippen molar-refractivity contribution < 1.29 is 4.42 Å². The summed E-state index contributed by atoms with van der Waals surface area (Å²) in [7, 11) is 0. The fourth-order valence-electron chi connectivity index (χ4n) is 9.39. The van der Waals surface area contributed by atoms with Crippen molar-refractivity contribution in [2.24, 2.45) is 0 Å². The quantitative estimate of drug-likeness (QED) is 0.174. The van der Waals surface area contributed by atoms with Gasteiger partial charge in [0.2, 0.25) is 5.89 Å². The predicted molar refractivity (Wildman–Crippen MR) is 258 cm³/mol. The summed E-state index contributed by atoms with van der Waals surface area (Å²) in [4.78, 5) is 5.23. The van der Waals surface area contributed by atoms with E-state index in [4.69, 9.17) is 9.40 Å². The van der Waals surface area contributed by atoms with E-state index < -0.39 is 0 Å². The van der Waals surface area contributed by atoms with Crippen LogP contribution < -0.4 is 0 Å². The van der Waals surface area contributed by atoms with Crippen molar-refractivity contribution in [3.05, 3.63) is 206 Å². The number of fused-ring (bicyclic) bond motifs is 10. The van der Waals surface area contributed by atoms with Gasteiger partial charge >= 0.3 is 0 Å². The molecule has 0 unspecified atom stereocenters. The lowest BCUT2D eigenvalue weighted by Crippen LogP contribution is -1.93. The molecule has 0 aliphatic rings. The van der Waals surface area contributed by atoms with Crippen molar-refractivity contribution >= 4 is 86.0 Å². The second-order valence-electron chi connectivity index (χ2n) is 15.9. The molecular formula is C57H34N2OS. The van der Waals surface area contributed by atoms with Crippen LogP contribution in [0.5, 0.6) is 0 Å². The lowest BCUT2D eigenvalue weighted by molar-refractivity contribution is 0.620. The molecule has 10 aromatic carbocycles. The number of benzene rings is 10. The molecule has 0 aliphatic heterocycles. The average molecular weight is 795 g/mol. The van der Waals surface area contributed by atoms with Crippen LogP contribution in [0, 0.1) is 0 Å². The van der Waals surface area contributed by atoms with E-state index in [1.807, 2.05) is 11.3 Å². The molecule has 0 aliphatic carbocycles. The van der Waals surface area contributed by atoms with Crippen LogP contribution in [0.4, 0.5) is 0 Å². The molecule has 284 valence electrons. The summed E-state index contributed by atoms with van der Waals surface area (Å²) in [6.07, 6.45) is 0. The van der Waals surface area contributed by atoms with E-state index in [0.717, 1.165) is 44.4 Å². The Labute approximate surface area is 355 Å². The van der Waals surface area contributed by atoms with Crippen molar-refractivity contribution in [2.45, 2.75) is 0 Å². The van der Waals surface area contributed by atoms with E-state index in [-0.39, 0.29) is 0 Å². The summed E-state index contributed by atoms with van der Waals surface area (Å²) in [5.41, 5.74) is 13.2. The molecule has 3 aromatic heterocycles. The molecule has 0 radical (unpaired) electrons. The maximum absolute atomic E-state index is 6.73. The molecule has 0 saturated heterocycles. The Morgan fingerprint density at radius 1 is 0.410 bits per heavy atom. The molecule has 0 atom stereocenters. The fourth-order valence-corrected chi connectivity index (χ4v) is 10.6. The van der Waals surface area contributed by atoms with Gasteiger partial charge in [0, 0.05) is 47.8 Å². The van der Waals surface area contributed by atoms with Crippen LogP contribution in [-0.2, 0) is 0 Å². The second kappa shape index (κ2) is 13.4. The number of oxazole rings is 1. The van der Waals surface area contributed by atoms with Crippen molar-refractivity contribution in [1.82, 2.24) is 9.55 Å². The Morgan fingerprint density at radius 2 is 1.05 bits per heavy atom. The molecule has 0 saturated carbocycles. The van der Waals surface area contributed by atoms with Crippen LogP contribution in [-0.4, -0.2) is 9.55 Å². The van der Waals surface area contributed by atoms with Gasteiger partial charge in [0.15, 0.2) is 5.58 Å². The number of thiophene rings is 1. The van der Waals surface area contributed by atoms with Gasteiger partial charge in [0.05, 0.1) is 11.0 Å². The minimum absolute atomic E-state index is 0.619. The molecule has 0 N–H and O–H groups in total. The number of rotatable bonds is 5. The zero-order valence-electron chi connectivity index (χ0n) is 32.8. The normalized spacial score (nSPS) is 11.9. The Balaban J connectivity index is 0.913. The Hall–Kier alpha value is -7.79. The third-order valence-corrected chi connectivity index (χ3v) is 13.6. The maximum atomic E-state index is 6.73. The zero-order chi connectivity index (χ0) is 40.0. The first-order chi connectivity index (χ1) is 30.2. The average Bonchev–Trinajstić information content (AvgIpc) is 4.02. The molecule has 4 heteroatoms. The van der Waals surface area contributed by atoms with Gasteiger partial charge in [-0.25, -0.2) is 4.98 Å². The van der Waals surface area contributed by atoms with Crippen LogP contribution in [0.1, 0.15) is 0 Å². The summed E-state index contributed by atoms with van der Waals surface area (Å²) < 4.78 is 11.6. The molecule has 0 amide bonds. The van der Waals surface area contributed by atoms with Gasteiger partial charge in [0.25, 0.3) is 0 Å². The molecule has 13 rings (SSSR count). The van der Waals surface area contributed by atoms with Gasteiger partial charge in [-0.1, -0.05) is 133 Å². The van der Waals surface area contributed by atoms with Crippen LogP contribution in [0.2, 0.25) is 0 Å². The highest BCUT2D eigenvalue weighted by atomic mass is 32.1. The molecule has 3 nitrogen and oxygen atoms in total. The summed E-state index contributed by atoms with van der Waals surface area (Å²) in [5, 5.41) is 9.78. The molecule has 13 aromatic rings. The van der Waals surface area contributed by atoms with E-state index >= 15 is 0 Å². The second-order valence-corrected chi connectivity index (χ2v) is 17.0. The lowest BCUT2D eigenvalue weighted by atomic mass is 9.96. The third kappa shape index (κ3) is 5.46. The number of aromatic nitrogens is 2. The summed E-state index contributed by atoms with van der Waals surface area (Å²) >= 11 is 1.82. The first-order valence-corrected chi connectivity index (χ1v) is 21.5. The van der Waals surface area contributed by atoms with Crippen LogP contribution in [0.25, 0.3) is 125 Å². The maximum Gasteiger partial charge on any atom is 0.227 e. The minimum atomic E-state index is 0.619. The monoisotopic (exact) mass is 794 g/mol. The number of hydrogen-bond donors (Lipinski definition) is 0. The Bertz CT molecular complexity index is 3870. The first-order valence-electron chi connectivity index (χ1n) is 20.7.